The van der Waals surface area contributed by atoms with Gasteiger partial charge in [-0.15, -0.1) is 0 Å². The van der Waals surface area contributed by atoms with Gasteiger partial charge in [-0.1, -0.05) is 18.5 Å². The Morgan fingerprint density at radius 1 is 1.10 bits per heavy atom. The molecular weight excluding hydrogens is 386 g/mol. The number of hydrogen-bond donors (Lipinski definition) is 1. The minimum absolute atomic E-state index is 0.0275. The first kappa shape index (κ1) is 17.9. The van der Waals surface area contributed by atoms with Crippen molar-refractivity contribution in [1.29, 1.82) is 0 Å². The largest absolute Gasteiger partial charge is 0.310 e. The number of pyridine rings is 2. The highest BCUT2D eigenvalue weighted by Gasteiger charge is 2.39. The molecule has 1 fully saturated rings. The highest BCUT2D eigenvalue weighted by Crippen LogP contribution is 2.39. The Morgan fingerprint density at radius 3 is 2.69 bits per heavy atom. The Bertz CT molecular complexity index is 1290. The van der Waals surface area contributed by atoms with E-state index in [-0.39, 0.29) is 11.8 Å². The minimum Gasteiger partial charge on any atom is -0.310 e. The van der Waals surface area contributed by atoms with E-state index in [4.69, 9.17) is 11.6 Å². The van der Waals surface area contributed by atoms with E-state index in [0.717, 1.165) is 39.4 Å². The van der Waals surface area contributed by atoms with Crippen LogP contribution in [0.5, 0.6) is 0 Å². The van der Waals surface area contributed by atoms with Crippen molar-refractivity contribution in [2.75, 3.05) is 5.32 Å². The lowest BCUT2D eigenvalue weighted by molar-refractivity contribution is -0.117. The molecule has 4 aromatic rings. The molecular formula is C22H18ClN5O. The predicted molar refractivity (Wildman–Crippen MR) is 114 cm³/mol. The Morgan fingerprint density at radius 2 is 1.90 bits per heavy atom. The van der Waals surface area contributed by atoms with Crippen LogP contribution in [0.4, 0.5) is 5.82 Å². The van der Waals surface area contributed by atoms with Crippen molar-refractivity contribution in [2.45, 2.75) is 20.3 Å². The van der Waals surface area contributed by atoms with Crippen LogP contribution in [-0.2, 0) is 4.79 Å². The zero-order valence-electron chi connectivity index (χ0n) is 16.0. The van der Waals surface area contributed by atoms with Crippen molar-refractivity contribution in [2.24, 2.45) is 11.8 Å². The number of benzene rings is 1. The maximum atomic E-state index is 12.2. The van der Waals surface area contributed by atoms with Crippen LogP contribution in [0, 0.1) is 18.8 Å². The number of nitrogens with zero attached hydrogens (tertiary/aromatic N) is 4. The summed E-state index contributed by atoms with van der Waals surface area (Å²) in [4.78, 5) is 29.7. The summed E-state index contributed by atoms with van der Waals surface area (Å²) in [5.74, 6) is 1.10. The van der Waals surface area contributed by atoms with Crippen molar-refractivity contribution < 1.29 is 4.79 Å². The van der Waals surface area contributed by atoms with Gasteiger partial charge in [0.2, 0.25) is 5.91 Å². The number of halogens is 1. The summed E-state index contributed by atoms with van der Waals surface area (Å²) in [5, 5.41) is 5.25. The third-order valence-electron chi connectivity index (χ3n) is 5.55. The highest BCUT2D eigenvalue weighted by molar-refractivity contribution is 6.36. The van der Waals surface area contributed by atoms with Gasteiger partial charge in [0.1, 0.15) is 11.3 Å². The number of carbonyl (C=O) groups excluding carboxylic acids is 1. The van der Waals surface area contributed by atoms with Gasteiger partial charge in [-0.2, -0.15) is 0 Å². The topological polar surface area (TPSA) is 80.7 Å². The van der Waals surface area contributed by atoms with Crippen molar-refractivity contribution in [1.82, 2.24) is 19.9 Å². The molecule has 0 unspecified atom stereocenters. The molecule has 3 heterocycles. The van der Waals surface area contributed by atoms with E-state index in [9.17, 15) is 4.79 Å². The molecule has 5 rings (SSSR count). The van der Waals surface area contributed by atoms with Gasteiger partial charge < -0.3 is 5.32 Å². The molecule has 6 nitrogen and oxygen atoms in total. The lowest BCUT2D eigenvalue weighted by Gasteiger charge is -2.11. The average molecular weight is 404 g/mol. The summed E-state index contributed by atoms with van der Waals surface area (Å²) >= 11 is 6.54. The van der Waals surface area contributed by atoms with Crippen LogP contribution in [0.2, 0.25) is 5.02 Å². The molecule has 1 aliphatic carbocycles. The molecule has 0 aliphatic heterocycles. The second-order valence-electron chi connectivity index (χ2n) is 7.58. The van der Waals surface area contributed by atoms with E-state index in [1.54, 1.807) is 24.8 Å². The molecule has 3 aromatic heterocycles. The van der Waals surface area contributed by atoms with E-state index in [0.29, 0.717) is 22.4 Å². The molecule has 29 heavy (non-hydrogen) atoms. The highest BCUT2D eigenvalue weighted by atomic mass is 35.5. The summed E-state index contributed by atoms with van der Waals surface area (Å²) < 4.78 is 0. The Kier molecular flexibility index (Phi) is 4.17. The third-order valence-corrected chi connectivity index (χ3v) is 5.86. The van der Waals surface area contributed by atoms with Gasteiger partial charge in [0.25, 0.3) is 0 Å². The number of hydrogen-bond acceptors (Lipinski definition) is 5. The van der Waals surface area contributed by atoms with Gasteiger partial charge >= 0.3 is 0 Å². The summed E-state index contributed by atoms with van der Waals surface area (Å²) in [6, 6.07) is 5.80. The number of amides is 1. The van der Waals surface area contributed by atoms with Crippen molar-refractivity contribution >= 4 is 45.3 Å². The molecule has 0 bridgehead atoms. The molecule has 144 valence electrons. The standard InChI is InChI=1S/C22H18ClN5O/c1-11-5-15(11)22(29)28-19-8-14-6-13(7-18(23)17(14)10-26-19)16-9-27-21-20(12(16)2)24-3-4-25-21/h3-4,6-11,15H,5H2,1-2H3,(H,26,28,29)/t11-,15-/m1/s1. The lowest BCUT2D eigenvalue weighted by Crippen LogP contribution is -2.15. The van der Waals surface area contributed by atoms with E-state index < -0.39 is 0 Å². The first-order chi connectivity index (χ1) is 14.0. The molecule has 1 N–H and O–H groups in total. The van der Waals surface area contributed by atoms with Crippen LogP contribution < -0.4 is 5.32 Å². The summed E-state index contributed by atoms with van der Waals surface area (Å²) in [7, 11) is 0. The van der Waals surface area contributed by atoms with Gasteiger partial charge in [-0.3, -0.25) is 9.78 Å². The number of rotatable bonds is 3. The van der Waals surface area contributed by atoms with Crippen molar-refractivity contribution in [3.8, 4) is 11.1 Å². The number of carbonyl (C=O) groups is 1. The monoisotopic (exact) mass is 403 g/mol. The summed E-state index contributed by atoms with van der Waals surface area (Å²) in [6.07, 6.45) is 7.72. The second kappa shape index (κ2) is 6.74. The Balaban J connectivity index is 1.58. The summed E-state index contributed by atoms with van der Waals surface area (Å²) in [6.45, 7) is 4.08. The zero-order valence-corrected chi connectivity index (χ0v) is 16.7. The number of anilines is 1. The number of aromatic nitrogens is 4. The SMILES string of the molecule is Cc1c(-c2cc(Cl)c3cnc(NC(=O)[C@@H]4C[C@H]4C)cc3c2)cnc2nccnc12. The van der Waals surface area contributed by atoms with Crippen LogP contribution in [0.1, 0.15) is 18.9 Å². The molecule has 1 amide bonds. The number of nitrogens with one attached hydrogen (secondary N) is 1. The van der Waals surface area contributed by atoms with E-state index in [1.807, 2.05) is 25.1 Å². The minimum atomic E-state index is 0.0275. The second-order valence-corrected chi connectivity index (χ2v) is 7.99. The molecule has 0 spiro atoms. The van der Waals surface area contributed by atoms with Crippen LogP contribution >= 0.6 is 11.6 Å². The van der Waals surface area contributed by atoms with Gasteiger partial charge in [-0.05, 0) is 54.0 Å². The van der Waals surface area contributed by atoms with Crippen LogP contribution in [0.3, 0.4) is 0 Å². The lowest BCUT2D eigenvalue weighted by atomic mass is 9.99. The van der Waals surface area contributed by atoms with Gasteiger partial charge in [0.15, 0.2) is 5.65 Å². The molecule has 0 radical (unpaired) electrons. The number of fused-ring (bicyclic) bond motifs is 2. The maximum Gasteiger partial charge on any atom is 0.228 e. The predicted octanol–water partition coefficient (Wildman–Crippen LogP) is 4.80. The van der Waals surface area contributed by atoms with Crippen molar-refractivity contribution in [3.63, 3.8) is 0 Å². The molecule has 1 aromatic carbocycles. The first-order valence-corrected chi connectivity index (χ1v) is 9.86. The van der Waals surface area contributed by atoms with Crippen LogP contribution in [-0.4, -0.2) is 25.8 Å². The molecule has 2 atom stereocenters. The normalized spacial score (nSPS) is 18.2. The maximum absolute atomic E-state index is 12.2. The first-order valence-electron chi connectivity index (χ1n) is 9.48. The summed E-state index contributed by atoms with van der Waals surface area (Å²) in [5.41, 5.74) is 4.24. The van der Waals surface area contributed by atoms with Gasteiger partial charge in [0.05, 0.1) is 5.02 Å². The Hall–Kier alpha value is -3.12. The third kappa shape index (κ3) is 3.19. The fourth-order valence-electron chi connectivity index (χ4n) is 3.67. The van der Waals surface area contributed by atoms with Crippen molar-refractivity contribution in [3.05, 3.63) is 53.6 Å². The molecule has 1 aliphatic rings. The van der Waals surface area contributed by atoms with E-state index in [1.165, 1.54) is 0 Å². The molecule has 1 saturated carbocycles. The molecule has 7 heteroatoms. The van der Waals surface area contributed by atoms with E-state index >= 15 is 0 Å². The van der Waals surface area contributed by atoms with Gasteiger partial charge in [-0.25, -0.2) is 15.0 Å². The smallest absolute Gasteiger partial charge is 0.228 e. The zero-order chi connectivity index (χ0) is 20.1. The van der Waals surface area contributed by atoms with Crippen LogP contribution in [0.15, 0.2) is 43.0 Å². The van der Waals surface area contributed by atoms with E-state index in [2.05, 4.69) is 32.2 Å². The quantitative estimate of drug-likeness (QED) is 0.531. The molecule has 0 saturated heterocycles. The Labute approximate surface area is 172 Å². The number of aryl methyl sites for hydroxylation is 1. The fraction of sp³-hybridized carbons (Fsp3) is 0.227. The van der Waals surface area contributed by atoms with Gasteiger partial charge in [0, 0.05) is 41.7 Å². The fourth-order valence-corrected chi connectivity index (χ4v) is 3.95. The van der Waals surface area contributed by atoms with Crippen LogP contribution in [0.25, 0.3) is 33.1 Å². The average Bonchev–Trinajstić information content (AvgIpc) is 3.45.